The minimum absolute atomic E-state index is 0.00912. The summed E-state index contributed by atoms with van der Waals surface area (Å²) in [6, 6.07) is 16.9. The standard InChI is InChI=1S/C28H27ClF4N2O3/c1-38-23-12-7-18(8-13-23)9-14-25(36)35(17-24(30)31)26(20-3-2-4-21(15-20)27(32)33)28(37)34-16-19-5-10-22(29)11-6-19/h2-8,10-13,15,24,26-27H,9,14,16-17H2,1H3,(H,34,37). The Hall–Kier alpha value is -3.59. The van der Waals surface area contributed by atoms with Gasteiger partial charge < -0.3 is 15.0 Å². The van der Waals surface area contributed by atoms with Gasteiger partial charge in [0.05, 0.1) is 13.7 Å². The minimum Gasteiger partial charge on any atom is -0.497 e. The number of amides is 2. The van der Waals surface area contributed by atoms with Gasteiger partial charge in [-0.05, 0) is 53.4 Å². The Labute approximate surface area is 223 Å². The summed E-state index contributed by atoms with van der Waals surface area (Å²) in [5.74, 6) is -0.865. The van der Waals surface area contributed by atoms with Crippen molar-refractivity contribution in [3.63, 3.8) is 0 Å². The highest BCUT2D eigenvalue weighted by Gasteiger charge is 2.33. The molecule has 0 radical (unpaired) electrons. The lowest BCUT2D eigenvalue weighted by molar-refractivity contribution is -0.143. The lowest BCUT2D eigenvalue weighted by Crippen LogP contribution is -2.45. The highest BCUT2D eigenvalue weighted by molar-refractivity contribution is 6.30. The lowest BCUT2D eigenvalue weighted by atomic mass is 10.00. The first-order valence-corrected chi connectivity index (χ1v) is 12.2. The smallest absolute Gasteiger partial charge is 0.263 e. The molecule has 0 fully saturated rings. The van der Waals surface area contributed by atoms with E-state index in [2.05, 4.69) is 5.32 Å². The molecule has 2 amide bonds. The first kappa shape index (κ1) is 29.0. The third kappa shape index (κ3) is 8.21. The summed E-state index contributed by atoms with van der Waals surface area (Å²) < 4.78 is 59.3. The first-order valence-electron chi connectivity index (χ1n) is 11.8. The molecule has 1 unspecified atom stereocenters. The van der Waals surface area contributed by atoms with Crippen LogP contribution in [0.25, 0.3) is 0 Å². The third-order valence-electron chi connectivity index (χ3n) is 5.86. The molecule has 10 heteroatoms. The molecule has 1 N–H and O–H groups in total. The third-order valence-corrected chi connectivity index (χ3v) is 6.11. The van der Waals surface area contributed by atoms with Gasteiger partial charge in [-0.25, -0.2) is 17.6 Å². The number of nitrogens with zero attached hydrogens (tertiary/aromatic N) is 1. The molecule has 0 spiro atoms. The Morgan fingerprint density at radius 3 is 2.16 bits per heavy atom. The second kappa shape index (κ2) is 13.8. The van der Waals surface area contributed by atoms with E-state index in [4.69, 9.17) is 16.3 Å². The molecule has 0 aliphatic heterocycles. The molecular formula is C28H27ClF4N2O3. The molecule has 0 heterocycles. The van der Waals surface area contributed by atoms with Gasteiger partial charge in [0.1, 0.15) is 11.8 Å². The first-order chi connectivity index (χ1) is 18.2. The quantitative estimate of drug-likeness (QED) is 0.267. The van der Waals surface area contributed by atoms with Gasteiger partial charge in [0.25, 0.3) is 12.9 Å². The van der Waals surface area contributed by atoms with Gasteiger partial charge >= 0.3 is 0 Å². The molecule has 5 nitrogen and oxygen atoms in total. The number of rotatable bonds is 12. The molecule has 0 aliphatic carbocycles. The maximum atomic E-state index is 13.7. The molecule has 0 bridgehead atoms. The van der Waals surface area contributed by atoms with E-state index in [9.17, 15) is 27.2 Å². The Balaban J connectivity index is 1.89. The van der Waals surface area contributed by atoms with E-state index in [1.807, 2.05) is 0 Å². The van der Waals surface area contributed by atoms with Crippen LogP contribution in [-0.4, -0.2) is 36.8 Å². The number of carbonyl (C=O) groups excluding carboxylic acids is 2. The van der Waals surface area contributed by atoms with Crippen molar-refractivity contribution >= 4 is 23.4 Å². The molecule has 3 aromatic rings. The fourth-order valence-corrected chi connectivity index (χ4v) is 4.04. The topological polar surface area (TPSA) is 58.6 Å². The largest absolute Gasteiger partial charge is 0.497 e. The summed E-state index contributed by atoms with van der Waals surface area (Å²) in [5, 5.41) is 3.13. The van der Waals surface area contributed by atoms with Crippen LogP contribution in [-0.2, 0) is 22.6 Å². The number of aryl methyl sites for hydroxylation is 1. The van der Waals surface area contributed by atoms with Crippen LogP contribution < -0.4 is 10.1 Å². The van der Waals surface area contributed by atoms with Crippen LogP contribution in [0, 0.1) is 0 Å². The van der Waals surface area contributed by atoms with Crippen LogP contribution in [0.5, 0.6) is 5.75 Å². The minimum atomic E-state index is -2.95. The maximum Gasteiger partial charge on any atom is 0.263 e. The zero-order valence-electron chi connectivity index (χ0n) is 20.6. The Morgan fingerprint density at radius 1 is 0.921 bits per heavy atom. The van der Waals surface area contributed by atoms with Crippen LogP contribution in [0.4, 0.5) is 17.6 Å². The summed E-state index contributed by atoms with van der Waals surface area (Å²) in [6.07, 6.45) is -5.75. The highest BCUT2D eigenvalue weighted by atomic mass is 35.5. The summed E-state index contributed by atoms with van der Waals surface area (Å²) in [4.78, 5) is 27.4. The number of benzene rings is 3. The second-order valence-corrected chi connectivity index (χ2v) is 8.94. The molecule has 38 heavy (non-hydrogen) atoms. The van der Waals surface area contributed by atoms with Crippen molar-refractivity contribution in [1.29, 1.82) is 0 Å². The van der Waals surface area contributed by atoms with Crippen LogP contribution in [0.3, 0.4) is 0 Å². The molecule has 0 saturated heterocycles. The predicted molar refractivity (Wildman–Crippen MR) is 136 cm³/mol. The predicted octanol–water partition coefficient (Wildman–Crippen LogP) is 6.37. The summed E-state index contributed by atoms with van der Waals surface area (Å²) >= 11 is 5.89. The summed E-state index contributed by atoms with van der Waals surface area (Å²) in [5.41, 5.74) is 1.06. The lowest BCUT2D eigenvalue weighted by Gasteiger charge is -2.31. The molecular weight excluding hydrogens is 524 g/mol. The number of hydrogen-bond donors (Lipinski definition) is 1. The fraction of sp³-hybridized carbons (Fsp3) is 0.286. The Bertz CT molecular complexity index is 1210. The van der Waals surface area contributed by atoms with Crippen molar-refractivity contribution in [2.45, 2.75) is 38.3 Å². The molecule has 202 valence electrons. The van der Waals surface area contributed by atoms with Crippen molar-refractivity contribution in [3.05, 3.63) is 100 Å². The van der Waals surface area contributed by atoms with E-state index in [1.165, 1.54) is 25.3 Å². The van der Waals surface area contributed by atoms with Gasteiger partial charge in [-0.2, -0.15) is 0 Å². The zero-order chi connectivity index (χ0) is 27.7. The van der Waals surface area contributed by atoms with Crippen molar-refractivity contribution in [3.8, 4) is 5.75 Å². The number of methoxy groups -OCH3 is 1. The Morgan fingerprint density at radius 2 is 1.55 bits per heavy atom. The van der Waals surface area contributed by atoms with Gasteiger partial charge in [0.15, 0.2) is 0 Å². The summed E-state index contributed by atoms with van der Waals surface area (Å²) in [7, 11) is 1.52. The van der Waals surface area contributed by atoms with E-state index in [0.717, 1.165) is 16.5 Å². The number of hydrogen-bond acceptors (Lipinski definition) is 3. The second-order valence-electron chi connectivity index (χ2n) is 8.50. The van der Waals surface area contributed by atoms with E-state index in [1.54, 1.807) is 48.5 Å². The van der Waals surface area contributed by atoms with Crippen molar-refractivity contribution in [2.24, 2.45) is 0 Å². The van der Waals surface area contributed by atoms with Crippen LogP contribution in [0.15, 0.2) is 72.8 Å². The Kier molecular flexibility index (Phi) is 10.5. The van der Waals surface area contributed by atoms with E-state index in [-0.39, 0.29) is 30.5 Å². The van der Waals surface area contributed by atoms with Crippen LogP contribution in [0.2, 0.25) is 5.02 Å². The maximum absolute atomic E-state index is 13.7. The van der Waals surface area contributed by atoms with Crippen LogP contribution in [0.1, 0.15) is 41.1 Å². The molecule has 3 aromatic carbocycles. The van der Waals surface area contributed by atoms with Crippen molar-refractivity contribution in [1.82, 2.24) is 10.2 Å². The van der Waals surface area contributed by atoms with Gasteiger partial charge in [-0.15, -0.1) is 0 Å². The van der Waals surface area contributed by atoms with Crippen molar-refractivity contribution < 1.29 is 31.9 Å². The van der Waals surface area contributed by atoms with E-state index >= 15 is 0 Å². The number of nitrogens with one attached hydrogen (secondary N) is 1. The van der Waals surface area contributed by atoms with E-state index in [0.29, 0.717) is 16.3 Å². The van der Waals surface area contributed by atoms with Crippen LogP contribution >= 0.6 is 11.6 Å². The number of carbonyl (C=O) groups is 2. The molecule has 0 aromatic heterocycles. The highest BCUT2D eigenvalue weighted by Crippen LogP contribution is 2.28. The van der Waals surface area contributed by atoms with Gasteiger partial charge in [-0.3, -0.25) is 9.59 Å². The number of alkyl halides is 4. The van der Waals surface area contributed by atoms with E-state index < -0.39 is 37.3 Å². The molecule has 0 aliphatic rings. The molecule has 0 saturated carbocycles. The fourth-order valence-electron chi connectivity index (χ4n) is 3.91. The average molecular weight is 551 g/mol. The summed E-state index contributed by atoms with van der Waals surface area (Å²) in [6.45, 7) is -1.02. The molecule has 1 atom stereocenters. The average Bonchev–Trinajstić information content (AvgIpc) is 2.91. The number of halogens is 5. The molecule has 3 rings (SSSR count). The monoisotopic (exact) mass is 550 g/mol. The zero-order valence-corrected chi connectivity index (χ0v) is 21.3. The van der Waals surface area contributed by atoms with Crippen molar-refractivity contribution in [2.75, 3.05) is 13.7 Å². The van der Waals surface area contributed by atoms with Gasteiger partial charge in [0.2, 0.25) is 11.8 Å². The number of ether oxygens (including phenoxy) is 1. The van der Waals surface area contributed by atoms with Gasteiger partial charge in [0, 0.05) is 23.6 Å². The SMILES string of the molecule is COc1ccc(CCC(=O)N(CC(F)F)C(C(=O)NCc2ccc(Cl)cc2)c2cccc(C(F)F)c2)cc1. The normalized spacial score (nSPS) is 11.9. The van der Waals surface area contributed by atoms with Gasteiger partial charge in [-0.1, -0.05) is 54.1 Å².